The van der Waals surface area contributed by atoms with Crippen molar-refractivity contribution in [1.29, 1.82) is 0 Å². The molecule has 2 aromatic carbocycles. The van der Waals surface area contributed by atoms with Gasteiger partial charge >= 0.3 is 0 Å². The zero-order valence-electron chi connectivity index (χ0n) is 13.7. The first kappa shape index (κ1) is 17.1. The van der Waals surface area contributed by atoms with Crippen LogP contribution < -0.4 is 10.1 Å². The summed E-state index contributed by atoms with van der Waals surface area (Å²) in [6.45, 7) is 2.53. The van der Waals surface area contributed by atoms with Crippen LogP contribution >= 0.6 is 11.3 Å². The lowest BCUT2D eigenvalue weighted by atomic mass is 10.2. The van der Waals surface area contributed by atoms with E-state index in [0.717, 1.165) is 5.56 Å². The van der Waals surface area contributed by atoms with Crippen molar-refractivity contribution in [3.05, 3.63) is 71.0 Å². The second kappa shape index (κ2) is 7.90. The van der Waals surface area contributed by atoms with Crippen molar-refractivity contribution in [3.8, 4) is 16.3 Å². The Balaban J connectivity index is 1.82. The van der Waals surface area contributed by atoms with Gasteiger partial charge in [0.2, 0.25) is 0 Å². The molecule has 0 unspecified atom stereocenters. The van der Waals surface area contributed by atoms with E-state index in [1.165, 1.54) is 17.4 Å². The number of benzene rings is 2. The summed E-state index contributed by atoms with van der Waals surface area (Å²) in [5.74, 6) is 0.102. The first-order valence-corrected chi connectivity index (χ1v) is 8.76. The van der Waals surface area contributed by atoms with Crippen LogP contribution in [0.2, 0.25) is 0 Å². The third-order valence-corrected chi connectivity index (χ3v) is 4.41. The largest absolute Gasteiger partial charge is 0.488 e. The van der Waals surface area contributed by atoms with Gasteiger partial charge in [0.05, 0.1) is 5.56 Å². The summed E-state index contributed by atoms with van der Waals surface area (Å²) < 4.78 is 19.5. The summed E-state index contributed by atoms with van der Waals surface area (Å²) in [5, 5.41) is 5.13. The molecule has 25 heavy (non-hydrogen) atoms. The molecule has 1 heterocycles. The third kappa shape index (κ3) is 4.03. The van der Waals surface area contributed by atoms with Crippen LogP contribution in [0.3, 0.4) is 0 Å². The number of thiazole rings is 1. The second-order valence-electron chi connectivity index (χ2n) is 5.27. The maximum absolute atomic E-state index is 13.7. The first-order chi connectivity index (χ1) is 12.2. The standard InChI is InChI=1S/C19H17FN2O2S/c1-2-21-18(23)16-12-25-19(22-16)14-8-4-6-10-17(14)24-11-13-7-3-5-9-15(13)20/h3-10,12H,2,11H2,1H3,(H,21,23). The maximum Gasteiger partial charge on any atom is 0.270 e. The van der Waals surface area contributed by atoms with Gasteiger partial charge in [-0.2, -0.15) is 0 Å². The summed E-state index contributed by atoms with van der Waals surface area (Å²) in [7, 11) is 0. The number of aromatic nitrogens is 1. The van der Waals surface area contributed by atoms with Crippen molar-refractivity contribution >= 4 is 17.2 Å². The Labute approximate surface area is 149 Å². The fourth-order valence-electron chi connectivity index (χ4n) is 2.29. The number of carbonyl (C=O) groups excluding carboxylic acids is 1. The summed E-state index contributed by atoms with van der Waals surface area (Å²) in [4.78, 5) is 16.3. The molecule has 0 aliphatic rings. The molecule has 1 aromatic heterocycles. The molecule has 3 rings (SSSR count). The smallest absolute Gasteiger partial charge is 0.270 e. The quantitative estimate of drug-likeness (QED) is 0.717. The van der Waals surface area contributed by atoms with Crippen molar-refractivity contribution in [3.63, 3.8) is 0 Å². The number of nitrogens with one attached hydrogen (secondary N) is 1. The average molecular weight is 356 g/mol. The van der Waals surface area contributed by atoms with Crippen molar-refractivity contribution in [2.75, 3.05) is 6.54 Å². The number of hydrogen-bond donors (Lipinski definition) is 1. The second-order valence-corrected chi connectivity index (χ2v) is 6.13. The Morgan fingerprint density at radius 2 is 1.96 bits per heavy atom. The number of ether oxygens (including phenoxy) is 1. The molecular weight excluding hydrogens is 339 g/mol. The van der Waals surface area contributed by atoms with E-state index >= 15 is 0 Å². The molecule has 128 valence electrons. The van der Waals surface area contributed by atoms with E-state index in [1.807, 2.05) is 31.2 Å². The van der Waals surface area contributed by atoms with E-state index in [2.05, 4.69) is 10.3 Å². The fraction of sp³-hybridized carbons (Fsp3) is 0.158. The predicted octanol–water partition coefficient (Wildman–Crippen LogP) is 4.28. The molecule has 0 fully saturated rings. The van der Waals surface area contributed by atoms with Crippen LogP contribution in [-0.4, -0.2) is 17.4 Å². The molecule has 0 spiro atoms. The Bertz CT molecular complexity index is 879. The summed E-state index contributed by atoms with van der Waals surface area (Å²) in [6, 6.07) is 13.9. The highest BCUT2D eigenvalue weighted by molar-refractivity contribution is 7.13. The topological polar surface area (TPSA) is 51.2 Å². The number of carbonyl (C=O) groups is 1. The van der Waals surface area contributed by atoms with Gasteiger partial charge in [-0.1, -0.05) is 30.3 Å². The van der Waals surface area contributed by atoms with Gasteiger partial charge in [0.15, 0.2) is 0 Å². The first-order valence-electron chi connectivity index (χ1n) is 7.88. The van der Waals surface area contributed by atoms with E-state index in [4.69, 9.17) is 4.74 Å². The van der Waals surface area contributed by atoms with Crippen LogP contribution in [-0.2, 0) is 6.61 Å². The highest BCUT2D eigenvalue weighted by atomic mass is 32.1. The molecule has 3 aromatic rings. The Morgan fingerprint density at radius 3 is 2.76 bits per heavy atom. The number of amides is 1. The summed E-state index contributed by atoms with van der Waals surface area (Å²) in [5.41, 5.74) is 1.64. The van der Waals surface area contributed by atoms with Crippen LogP contribution in [0.1, 0.15) is 23.0 Å². The van der Waals surface area contributed by atoms with E-state index in [1.54, 1.807) is 23.6 Å². The Hall–Kier alpha value is -2.73. The molecule has 0 saturated carbocycles. The number of rotatable bonds is 6. The van der Waals surface area contributed by atoms with Crippen LogP contribution in [0.5, 0.6) is 5.75 Å². The lowest BCUT2D eigenvalue weighted by Gasteiger charge is -2.10. The number of nitrogens with zero attached hydrogens (tertiary/aromatic N) is 1. The van der Waals surface area contributed by atoms with Gasteiger partial charge in [0.1, 0.15) is 28.9 Å². The average Bonchev–Trinajstić information content (AvgIpc) is 3.12. The molecule has 1 amide bonds. The van der Waals surface area contributed by atoms with Gasteiger partial charge in [-0.15, -0.1) is 11.3 Å². The van der Waals surface area contributed by atoms with Gasteiger partial charge in [0.25, 0.3) is 5.91 Å². The predicted molar refractivity (Wildman–Crippen MR) is 96.3 cm³/mol. The SMILES string of the molecule is CCNC(=O)c1csc(-c2ccccc2OCc2ccccc2F)n1. The summed E-state index contributed by atoms with van der Waals surface area (Å²) in [6.07, 6.45) is 0. The Morgan fingerprint density at radius 1 is 1.20 bits per heavy atom. The monoisotopic (exact) mass is 356 g/mol. The number of para-hydroxylation sites is 1. The minimum atomic E-state index is -0.298. The minimum Gasteiger partial charge on any atom is -0.488 e. The van der Waals surface area contributed by atoms with Crippen molar-refractivity contribution in [2.24, 2.45) is 0 Å². The molecule has 0 aliphatic heterocycles. The molecule has 0 atom stereocenters. The molecule has 0 bridgehead atoms. The molecular formula is C19H17FN2O2S. The van der Waals surface area contributed by atoms with Crippen LogP contribution in [0.25, 0.3) is 10.6 Å². The zero-order chi connectivity index (χ0) is 17.6. The van der Waals surface area contributed by atoms with Crippen LogP contribution in [0.15, 0.2) is 53.9 Å². The van der Waals surface area contributed by atoms with Gasteiger partial charge < -0.3 is 10.1 Å². The number of halogens is 1. The van der Waals surface area contributed by atoms with Gasteiger partial charge in [-0.25, -0.2) is 9.37 Å². The molecule has 0 radical (unpaired) electrons. The van der Waals surface area contributed by atoms with E-state index in [0.29, 0.717) is 28.6 Å². The molecule has 6 heteroatoms. The Kier molecular flexibility index (Phi) is 5.40. The van der Waals surface area contributed by atoms with E-state index < -0.39 is 0 Å². The molecule has 4 nitrogen and oxygen atoms in total. The van der Waals surface area contributed by atoms with E-state index in [9.17, 15) is 9.18 Å². The van der Waals surface area contributed by atoms with E-state index in [-0.39, 0.29) is 18.3 Å². The van der Waals surface area contributed by atoms with Crippen molar-refractivity contribution < 1.29 is 13.9 Å². The zero-order valence-corrected chi connectivity index (χ0v) is 14.5. The van der Waals surface area contributed by atoms with Gasteiger partial charge in [-0.3, -0.25) is 4.79 Å². The van der Waals surface area contributed by atoms with Crippen molar-refractivity contribution in [2.45, 2.75) is 13.5 Å². The molecule has 1 N–H and O–H groups in total. The molecule has 0 aliphatic carbocycles. The highest BCUT2D eigenvalue weighted by Crippen LogP contribution is 2.32. The normalized spacial score (nSPS) is 10.5. The van der Waals surface area contributed by atoms with Crippen LogP contribution in [0, 0.1) is 5.82 Å². The fourth-order valence-corrected chi connectivity index (χ4v) is 3.12. The lowest BCUT2D eigenvalue weighted by Crippen LogP contribution is -2.22. The van der Waals surface area contributed by atoms with Crippen LogP contribution in [0.4, 0.5) is 4.39 Å². The molecule has 0 saturated heterocycles. The van der Waals surface area contributed by atoms with Crippen molar-refractivity contribution in [1.82, 2.24) is 10.3 Å². The minimum absolute atomic E-state index is 0.123. The third-order valence-electron chi connectivity index (χ3n) is 3.53. The van der Waals surface area contributed by atoms with Gasteiger partial charge in [-0.05, 0) is 25.1 Å². The highest BCUT2D eigenvalue weighted by Gasteiger charge is 2.14. The number of hydrogen-bond acceptors (Lipinski definition) is 4. The van der Waals surface area contributed by atoms with Gasteiger partial charge in [0, 0.05) is 17.5 Å². The maximum atomic E-state index is 13.7. The summed E-state index contributed by atoms with van der Waals surface area (Å²) >= 11 is 1.37. The lowest BCUT2D eigenvalue weighted by molar-refractivity contribution is 0.0951.